The van der Waals surface area contributed by atoms with Gasteiger partial charge in [-0.15, -0.1) is 0 Å². The molecule has 0 atom stereocenters. The summed E-state index contributed by atoms with van der Waals surface area (Å²) in [5, 5.41) is 4.86. The molecule has 1 aromatic heterocycles. The number of benzene rings is 2. The number of rotatable bonds is 7. The summed E-state index contributed by atoms with van der Waals surface area (Å²) in [7, 11) is 1.70. The molecule has 3 aromatic rings. The van der Waals surface area contributed by atoms with Gasteiger partial charge in [0.05, 0.1) is 13.8 Å². The van der Waals surface area contributed by atoms with E-state index in [1.807, 2.05) is 35.0 Å². The van der Waals surface area contributed by atoms with E-state index < -0.39 is 0 Å². The second kappa shape index (κ2) is 9.55. The van der Waals surface area contributed by atoms with Crippen molar-refractivity contribution in [2.45, 2.75) is 26.7 Å². The molecule has 2 aromatic carbocycles. The van der Waals surface area contributed by atoms with Crippen LogP contribution in [0.25, 0.3) is 11.4 Å². The minimum atomic E-state index is 0.738. The van der Waals surface area contributed by atoms with Gasteiger partial charge in [0, 0.05) is 44.8 Å². The summed E-state index contributed by atoms with van der Waals surface area (Å²) >= 11 is 5.73. The van der Waals surface area contributed by atoms with Crippen LogP contribution in [-0.2, 0) is 19.8 Å². The summed E-state index contributed by atoms with van der Waals surface area (Å²) in [4.78, 5) is 4.93. The molecule has 1 saturated heterocycles. The standard InChI is InChI=1S/C23H29N5OS/c1-3-27-22(20-7-5-4-6-8-20)24-28(23(27)30)18-26-15-13-25(14-16-26)17-19-9-11-21(29-2)12-10-19/h4-12H,3,13-18H2,1-2H3. The quantitative estimate of drug-likeness (QED) is 0.539. The van der Waals surface area contributed by atoms with Crippen molar-refractivity contribution in [1.29, 1.82) is 0 Å². The lowest BCUT2D eigenvalue weighted by Gasteiger charge is -2.34. The van der Waals surface area contributed by atoms with Crippen LogP contribution in [0, 0.1) is 4.77 Å². The first-order valence-corrected chi connectivity index (χ1v) is 10.9. The molecule has 7 heteroatoms. The fourth-order valence-electron chi connectivity index (χ4n) is 3.89. The summed E-state index contributed by atoms with van der Waals surface area (Å²) in [5.74, 6) is 1.85. The molecule has 0 amide bonds. The van der Waals surface area contributed by atoms with Crippen LogP contribution in [0.3, 0.4) is 0 Å². The van der Waals surface area contributed by atoms with E-state index in [1.54, 1.807) is 7.11 Å². The molecule has 1 aliphatic heterocycles. The highest BCUT2D eigenvalue weighted by Crippen LogP contribution is 2.19. The lowest BCUT2D eigenvalue weighted by atomic mass is 10.2. The van der Waals surface area contributed by atoms with Crippen LogP contribution in [0.5, 0.6) is 5.75 Å². The van der Waals surface area contributed by atoms with E-state index in [-0.39, 0.29) is 0 Å². The van der Waals surface area contributed by atoms with Crippen LogP contribution in [-0.4, -0.2) is 57.4 Å². The van der Waals surface area contributed by atoms with Gasteiger partial charge in [0.15, 0.2) is 10.6 Å². The van der Waals surface area contributed by atoms with Crippen LogP contribution >= 0.6 is 12.2 Å². The molecule has 0 saturated carbocycles. The van der Waals surface area contributed by atoms with Gasteiger partial charge in [0.1, 0.15) is 5.75 Å². The number of nitrogens with zero attached hydrogens (tertiary/aromatic N) is 5. The van der Waals surface area contributed by atoms with Crippen molar-refractivity contribution in [3.8, 4) is 17.1 Å². The maximum absolute atomic E-state index is 5.73. The molecule has 0 N–H and O–H groups in total. The number of hydrogen-bond acceptors (Lipinski definition) is 5. The molecular formula is C23H29N5OS. The van der Waals surface area contributed by atoms with Crippen molar-refractivity contribution in [2.75, 3.05) is 33.3 Å². The van der Waals surface area contributed by atoms with Gasteiger partial charge in [-0.05, 0) is 36.8 Å². The maximum atomic E-state index is 5.73. The Morgan fingerprint density at radius 2 is 1.60 bits per heavy atom. The predicted octanol–water partition coefficient (Wildman–Crippen LogP) is 3.88. The average Bonchev–Trinajstić information content (AvgIpc) is 3.11. The van der Waals surface area contributed by atoms with Crippen molar-refractivity contribution in [2.24, 2.45) is 0 Å². The highest BCUT2D eigenvalue weighted by molar-refractivity contribution is 7.71. The topological polar surface area (TPSA) is 38.5 Å². The van der Waals surface area contributed by atoms with Crippen molar-refractivity contribution < 1.29 is 4.74 Å². The molecule has 4 rings (SSSR count). The first-order valence-electron chi connectivity index (χ1n) is 10.5. The van der Waals surface area contributed by atoms with Gasteiger partial charge >= 0.3 is 0 Å². The first-order chi connectivity index (χ1) is 14.7. The van der Waals surface area contributed by atoms with E-state index in [4.69, 9.17) is 22.1 Å². The summed E-state index contributed by atoms with van der Waals surface area (Å²) in [6.45, 7) is 8.75. The fraction of sp³-hybridized carbons (Fsp3) is 0.391. The third-order valence-electron chi connectivity index (χ3n) is 5.64. The molecule has 6 nitrogen and oxygen atoms in total. The Balaban J connectivity index is 1.38. The zero-order chi connectivity index (χ0) is 20.9. The zero-order valence-corrected chi connectivity index (χ0v) is 18.5. The van der Waals surface area contributed by atoms with Crippen LogP contribution in [0.2, 0.25) is 0 Å². The third-order valence-corrected chi connectivity index (χ3v) is 6.07. The van der Waals surface area contributed by atoms with Crippen molar-refractivity contribution in [3.63, 3.8) is 0 Å². The zero-order valence-electron chi connectivity index (χ0n) is 17.7. The highest BCUT2D eigenvalue weighted by atomic mass is 32.1. The Morgan fingerprint density at radius 1 is 0.933 bits per heavy atom. The largest absolute Gasteiger partial charge is 0.497 e. The Hall–Kier alpha value is -2.48. The summed E-state index contributed by atoms with van der Waals surface area (Å²) in [6, 6.07) is 18.6. The molecule has 0 radical (unpaired) electrons. The molecule has 2 heterocycles. The van der Waals surface area contributed by atoms with E-state index in [0.717, 1.165) is 67.8 Å². The highest BCUT2D eigenvalue weighted by Gasteiger charge is 2.19. The minimum absolute atomic E-state index is 0.738. The van der Waals surface area contributed by atoms with Crippen molar-refractivity contribution >= 4 is 12.2 Å². The fourth-order valence-corrected chi connectivity index (χ4v) is 4.20. The van der Waals surface area contributed by atoms with E-state index in [2.05, 4.69) is 45.6 Å². The first kappa shape index (κ1) is 20.8. The number of aromatic nitrogens is 3. The molecule has 1 fully saturated rings. The smallest absolute Gasteiger partial charge is 0.199 e. The predicted molar refractivity (Wildman–Crippen MR) is 122 cm³/mol. The molecule has 0 unspecified atom stereocenters. The van der Waals surface area contributed by atoms with Crippen LogP contribution in [0.1, 0.15) is 12.5 Å². The number of hydrogen-bond donors (Lipinski definition) is 0. The van der Waals surface area contributed by atoms with Gasteiger partial charge in [-0.3, -0.25) is 9.80 Å². The van der Waals surface area contributed by atoms with E-state index in [9.17, 15) is 0 Å². The Bertz CT molecular complexity index is 1000. The SMILES string of the molecule is CCn1c(-c2ccccc2)nn(CN2CCN(Cc3ccc(OC)cc3)CC2)c1=S. The number of piperazine rings is 1. The number of methoxy groups -OCH3 is 1. The summed E-state index contributed by atoms with van der Waals surface area (Å²) in [6.07, 6.45) is 0. The van der Waals surface area contributed by atoms with Crippen LogP contribution < -0.4 is 4.74 Å². The lowest BCUT2D eigenvalue weighted by Crippen LogP contribution is -2.46. The van der Waals surface area contributed by atoms with Gasteiger partial charge in [0.2, 0.25) is 0 Å². The number of ether oxygens (including phenoxy) is 1. The maximum Gasteiger partial charge on any atom is 0.199 e. The van der Waals surface area contributed by atoms with Gasteiger partial charge in [0.25, 0.3) is 0 Å². The molecule has 158 valence electrons. The minimum Gasteiger partial charge on any atom is -0.497 e. The van der Waals surface area contributed by atoms with Gasteiger partial charge < -0.3 is 9.30 Å². The molecular weight excluding hydrogens is 394 g/mol. The molecule has 0 spiro atoms. The summed E-state index contributed by atoms with van der Waals surface area (Å²) < 4.78 is 10.1. The van der Waals surface area contributed by atoms with Gasteiger partial charge in [-0.1, -0.05) is 42.5 Å². The average molecular weight is 424 g/mol. The lowest BCUT2D eigenvalue weighted by molar-refractivity contribution is 0.0980. The second-order valence-corrected chi connectivity index (χ2v) is 7.96. The Morgan fingerprint density at radius 3 is 2.23 bits per heavy atom. The molecule has 0 aliphatic carbocycles. The molecule has 0 bridgehead atoms. The van der Waals surface area contributed by atoms with E-state index >= 15 is 0 Å². The second-order valence-electron chi connectivity index (χ2n) is 7.60. The normalized spacial score (nSPS) is 15.4. The van der Waals surface area contributed by atoms with Gasteiger partial charge in [-0.2, -0.15) is 5.10 Å². The van der Waals surface area contributed by atoms with Crippen molar-refractivity contribution in [3.05, 3.63) is 64.9 Å². The summed E-state index contributed by atoms with van der Waals surface area (Å²) in [5.41, 5.74) is 2.43. The van der Waals surface area contributed by atoms with Crippen molar-refractivity contribution in [1.82, 2.24) is 24.1 Å². The monoisotopic (exact) mass is 423 g/mol. The Kier molecular flexibility index (Phi) is 6.62. The van der Waals surface area contributed by atoms with Gasteiger partial charge in [-0.25, -0.2) is 4.68 Å². The van der Waals surface area contributed by atoms with Crippen LogP contribution in [0.4, 0.5) is 0 Å². The third kappa shape index (κ3) is 4.64. The van der Waals surface area contributed by atoms with Crippen LogP contribution in [0.15, 0.2) is 54.6 Å². The van der Waals surface area contributed by atoms with E-state index in [1.165, 1.54) is 5.56 Å². The molecule has 30 heavy (non-hydrogen) atoms. The Labute approximate surface area is 183 Å². The van der Waals surface area contributed by atoms with E-state index in [0.29, 0.717) is 0 Å². The molecule has 1 aliphatic rings.